The number of hydrogen-bond donors (Lipinski definition) is 1. The number of aromatic nitrogens is 6. The number of rotatable bonds is 4. The van der Waals surface area contributed by atoms with Gasteiger partial charge in [0.25, 0.3) is 0 Å². The van der Waals surface area contributed by atoms with E-state index in [-0.39, 0.29) is 6.04 Å². The maximum Gasteiger partial charge on any atom is 0.0967 e. The smallest absolute Gasteiger partial charge is 0.0967 e. The lowest BCUT2D eigenvalue weighted by molar-refractivity contribution is 0.0553. The zero-order chi connectivity index (χ0) is 24.2. The summed E-state index contributed by atoms with van der Waals surface area (Å²) in [7, 11) is 1.94. The Hall–Kier alpha value is -3.97. The van der Waals surface area contributed by atoms with E-state index in [1.807, 2.05) is 31.0 Å². The molecule has 0 unspecified atom stereocenters. The third-order valence-electron chi connectivity index (χ3n) is 7.74. The molecule has 1 saturated heterocycles. The van der Waals surface area contributed by atoms with Gasteiger partial charge in [-0.1, -0.05) is 35.5 Å². The molecular formula is C29H28N6O. The van der Waals surface area contributed by atoms with Crippen LogP contribution in [0.5, 0.6) is 0 Å². The van der Waals surface area contributed by atoms with Crippen molar-refractivity contribution in [3.8, 4) is 11.3 Å². The lowest BCUT2D eigenvalue weighted by Crippen LogP contribution is -2.26. The van der Waals surface area contributed by atoms with Gasteiger partial charge in [-0.05, 0) is 55.5 Å². The Labute approximate surface area is 208 Å². The third-order valence-corrected chi connectivity index (χ3v) is 7.74. The summed E-state index contributed by atoms with van der Waals surface area (Å²) in [6, 6.07) is 20.0. The van der Waals surface area contributed by atoms with Gasteiger partial charge in [0.2, 0.25) is 0 Å². The second-order valence-corrected chi connectivity index (χ2v) is 9.81. The molecule has 1 aliphatic heterocycles. The number of benzene rings is 2. The largest absolute Gasteiger partial charge is 0.381 e. The van der Waals surface area contributed by atoms with Crippen LogP contribution in [0, 0.1) is 12.8 Å². The summed E-state index contributed by atoms with van der Waals surface area (Å²) in [6.07, 6.45) is 6.05. The van der Waals surface area contributed by atoms with Crippen LogP contribution in [0.3, 0.4) is 0 Å². The van der Waals surface area contributed by atoms with E-state index in [4.69, 9.17) is 9.72 Å². The Morgan fingerprint density at radius 1 is 1.03 bits per heavy atom. The van der Waals surface area contributed by atoms with Gasteiger partial charge in [0.15, 0.2) is 0 Å². The summed E-state index contributed by atoms with van der Waals surface area (Å²) in [6.45, 7) is 3.60. The van der Waals surface area contributed by atoms with Crippen molar-refractivity contribution in [2.45, 2.75) is 25.8 Å². The fourth-order valence-electron chi connectivity index (χ4n) is 6.13. The fourth-order valence-corrected chi connectivity index (χ4v) is 6.13. The number of aromatic amines is 1. The topological polar surface area (TPSA) is 73.5 Å². The Morgan fingerprint density at radius 3 is 2.64 bits per heavy atom. The molecule has 0 spiro atoms. The molecule has 0 radical (unpaired) electrons. The van der Waals surface area contributed by atoms with Crippen molar-refractivity contribution in [2.24, 2.45) is 13.0 Å². The molecule has 180 valence electrons. The molecule has 0 amide bonds. The highest BCUT2D eigenvalue weighted by molar-refractivity contribution is 6.19. The zero-order valence-electron chi connectivity index (χ0n) is 20.5. The Kier molecular flexibility index (Phi) is 4.92. The predicted octanol–water partition coefficient (Wildman–Crippen LogP) is 5.79. The van der Waals surface area contributed by atoms with Crippen molar-refractivity contribution in [1.82, 2.24) is 29.5 Å². The van der Waals surface area contributed by atoms with Crippen LogP contribution in [0.2, 0.25) is 0 Å². The number of aryl methyl sites for hydroxylation is 2. The average molecular weight is 477 g/mol. The second-order valence-electron chi connectivity index (χ2n) is 9.81. The van der Waals surface area contributed by atoms with Crippen LogP contribution in [0.1, 0.15) is 30.1 Å². The van der Waals surface area contributed by atoms with E-state index in [2.05, 4.69) is 74.5 Å². The van der Waals surface area contributed by atoms with Crippen LogP contribution in [-0.4, -0.2) is 42.7 Å². The molecule has 1 N–H and O–H groups in total. The van der Waals surface area contributed by atoms with E-state index in [0.717, 1.165) is 59.6 Å². The average Bonchev–Trinajstić information content (AvgIpc) is 3.61. The minimum Gasteiger partial charge on any atom is -0.381 e. The molecule has 5 heterocycles. The van der Waals surface area contributed by atoms with Gasteiger partial charge < -0.3 is 14.3 Å². The predicted molar refractivity (Wildman–Crippen MR) is 142 cm³/mol. The normalized spacial score (nSPS) is 15.8. The van der Waals surface area contributed by atoms with Crippen molar-refractivity contribution < 1.29 is 4.74 Å². The molecule has 6 aromatic rings. The molecule has 7 heteroatoms. The first-order valence-corrected chi connectivity index (χ1v) is 12.6. The molecule has 0 bridgehead atoms. The van der Waals surface area contributed by atoms with Gasteiger partial charge in [0.05, 0.1) is 34.0 Å². The number of ether oxygens (including phenoxy) is 1. The summed E-state index contributed by atoms with van der Waals surface area (Å²) in [4.78, 5) is 8.48. The highest BCUT2D eigenvalue weighted by Crippen LogP contribution is 2.42. The van der Waals surface area contributed by atoms with Crippen LogP contribution in [0.4, 0.5) is 0 Å². The minimum atomic E-state index is 0.175. The first-order valence-electron chi connectivity index (χ1n) is 12.6. The number of pyridine rings is 1. The minimum absolute atomic E-state index is 0.175. The van der Waals surface area contributed by atoms with Crippen molar-refractivity contribution in [2.75, 3.05) is 13.2 Å². The van der Waals surface area contributed by atoms with Crippen molar-refractivity contribution in [3.63, 3.8) is 0 Å². The summed E-state index contributed by atoms with van der Waals surface area (Å²) in [5.41, 5.74) is 8.75. The summed E-state index contributed by atoms with van der Waals surface area (Å²) < 4.78 is 10.2. The van der Waals surface area contributed by atoms with E-state index in [1.165, 1.54) is 21.9 Å². The summed E-state index contributed by atoms with van der Waals surface area (Å²) >= 11 is 0. The van der Waals surface area contributed by atoms with E-state index in [1.54, 1.807) is 0 Å². The Balaban J connectivity index is 1.59. The monoisotopic (exact) mass is 476 g/mol. The molecule has 36 heavy (non-hydrogen) atoms. The van der Waals surface area contributed by atoms with Gasteiger partial charge in [0.1, 0.15) is 0 Å². The first kappa shape index (κ1) is 21.3. The van der Waals surface area contributed by atoms with Gasteiger partial charge in [-0.2, -0.15) is 0 Å². The SMILES string of the molecule is Cc1nnn(C)c1-c1cnc2c3c4cc[nH]c4ccc3n([C@H](c3ccccc3)C3CCOCC3)c2c1. The van der Waals surface area contributed by atoms with E-state index in [0.29, 0.717) is 5.92 Å². The van der Waals surface area contributed by atoms with Crippen LogP contribution in [0.15, 0.2) is 67.0 Å². The Morgan fingerprint density at radius 2 is 1.86 bits per heavy atom. The molecule has 0 aliphatic carbocycles. The van der Waals surface area contributed by atoms with Gasteiger partial charge in [-0.3, -0.25) is 4.98 Å². The standard InChI is InChI=1S/C29H28N6O/c1-18-28(34(2)33-32-18)21-16-25-27(31-17-21)26-22-10-13-30-23(22)8-9-24(26)35(25)29(19-6-4-3-5-7-19)20-11-14-36-15-12-20/h3-10,13,16-17,20,29-30H,11-12,14-15H2,1-2H3/t29-/m1/s1. The van der Waals surface area contributed by atoms with Gasteiger partial charge in [-0.15, -0.1) is 5.10 Å². The lowest BCUT2D eigenvalue weighted by atomic mass is 9.86. The summed E-state index contributed by atoms with van der Waals surface area (Å²) in [5.74, 6) is 0.464. The fraction of sp³-hybridized carbons (Fsp3) is 0.276. The Bertz CT molecular complexity index is 1680. The molecular weight excluding hydrogens is 448 g/mol. The maximum absolute atomic E-state index is 5.78. The van der Waals surface area contributed by atoms with Crippen LogP contribution >= 0.6 is 0 Å². The molecule has 7 nitrogen and oxygen atoms in total. The van der Waals surface area contributed by atoms with Gasteiger partial charge in [0, 0.05) is 54.5 Å². The quantitative estimate of drug-likeness (QED) is 0.349. The lowest BCUT2D eigenvalue weighted by Gasteiger charge is -2.33. The summed E-state index contributed by atoms with van der Waals surface area (Å²) in [5, 5.41) is 10.9. The van der Waals surface area contributed by atoms with Crippen LogP contribution in [-0.2, 0) is 11.8 Å². The molecule has 1 atom stereocenters. The van der Waals surface area contributed by atoms with Crippen LogP contribution < -0.4 is 0 Å². The van der Waals surface area contributed by atoms with E-state index >= 15 is 0 Å². The number of nitrogens with one attached hydrogen (secondary N) is 1. The van der Waals surface area contributed by atoms with Crippen LogP contribution in [0.25, 0.3) is 44.1 Å². The molecule has 7 rings (SSSR count). The highest BCUT2D eigenvalue weighted by Gasteiger charge is 2.30. The zero-order valence-corrected chi connectivity index (χ0v) is 20.5. The number of H-pyrrole nitrogens is 1. The molecule has 2 aromatic carbocycles. The third kappa shape index (κ3) is 3.19. The van der Waals surface area contributed by atoms with Gasteiger partial charge >= 0.3 is 0 Å². The van der Waals surface area contributed by atoms with Crippen molar-refractivity contribution in [3.05, 3.63) is 78.2 Å². The molecule has 1 aliphatic rings. The van der Waals surface area contributed by atoms with Gasteiger partial charge in [-0.25, -0.2) is 4.68 Å². The molecule has 1 fully saturated rings. The molecule has 0 saturated carbocycles. The van der Waals surface area contributed by atoms with E-state index < -0.39 is 0 Å². The molecule has 4 aromatic heterocycles. The number of nitrogens with zero attached hydrogens (tertiary/aromatic N) is 5. The van der Waals surface area contributed by atoms with E-state index in [9.17, 15) is 0 Å². The van der Waals surface area contributed by atoms with Crippen molar-refractivity contribution in [1.29, 1.82) is 0 Å². The first-order chi connectivity index (χ1) is 17.7. The second kappa shape index (κ2) is 8.31. The highest BCUT2D eigenvalue weighted by atomic mass is 16.5. The maximum atomic E-state index is 5.78. The number of hydrogen-bond acceptors (Lipinski definition) is 4. The number of fused-ring (bicyclic) bond motifs is 5. The van der Waals surface area contributed by atoms with Crippen molar-refractivity contribution >= 4 is 32.8 Å².